The van der Waals surface area contributed by atoms with Crippen LogP contribution in [0.1, 0.15) is 63.0 Å². The van der Waals surface area contributed by atoms with E-state index in [1.165, 1.54) is 6.92 Å². The SMILES string of the molecule is CC(=O)N[C@H]1CNC(=O)[C@H](Cc2ccccc2)NC(=O)[C@H](Cc2ccccc2)NC(=O)CCCCCCCCNC1=O. The molecule has 2 aromatic rings. The van der Waals surface area contributed by atoms with Crippen LogP contribution in [-0.2, 0) is 36.8 Å². The van der Waals surface area contributed by atoms with Crippen molar-refractivity contribution in [2.24, 2.45) is 0 Å². The molecule has 0 spiro atoms. The van der Waals surface area contributed by atoms with Gasteiger partial charge in [-0.05, 0) is 24.0 Å². The van der Waals surface area contributed by atoms with Crippen LogP contribution in [-0.4, -0.2) is 60.8 Å². The molecule has 1 heterocycles. The summed E-state index contributed by atoms with van der Waals surface area (Å²) in [7, 11) is 0. The van der Waals surface area contributed by atoms with E-state index in [1.54, 1.807) is 0 Å². The molecular weight excluding hydrogens is 534 g/mol. The van der Waals surface area contributed by atoms with Gasteiger partial charge in [-0.15, -0.1) is 0 Å². The number of carbonyl (C=O) groups excluding carboxylic acids is 5. The number of benzene rings is 2. The highest BCUT2D eigenvalue weighted by molar-refractivity contribution is 5.93. The minimum atomic E-state index is -0.985. The molecule has 0 unspecified atom stereocenters. The van der Waals surface area contributed by atoms with Gasteiger partial charge in [0, 0.05) is 39.3 Å². The second-order valence-electron chi connectivity index (χ2n) is 10.7. The minimum Gasteiger partial charge on any atom is -0.354 e. The normalized spacial score (nSPS) is 22.1. The first-order valence-electron chi connectivity index (χ1n) is 14.8. The molecule has 1 fully saturated rings. The highest BCUT2D eigenvalue weighted by Gasteiger charge is 2.28. The summed E-state index contributed by atoms with van der Waals surface area (Å²) >= 11 is 0. The Morgan fingerprint density at radius 3 is 1.83 bits per heavy atom. The molecule has 1 saturated heterocycles. The highest BCUT2D eigenvalue weighted by Crippen LogP contribution is 2.10. The number of amides is 5. The van der Waals surface area contributed by atoms with Gasteiger partial charge in [0.2, 0.25) is 29.5 Å². The van der Waals surface area contributed by atoms with Crippen LogP contribution in [0, 0.1) is 0 Å². The van der Waals surface area contributed by atoms with Gasteiger partial charge in [0.15, 0.2) is 0 Å². The molecule has 0 saturated carbocycles. The molecule has 1 aliphatic heterocycles. The van der Waals surface area contributed by atoms with E-state index >= 15 is 0 Å². The fourth-order valence-corrected chi connectivity index (χ4v) is 4.89. The van der Waals surface area contributed by atoms with Crippen LogP contribution < -0.4 is 26.6 Å². The maximum atomic E-state index is 13.6. The molecule has 5 amide bonds. The Balaban J connectivity index is 1.84. The summed E-state index contributed by atoms with van der Waals surface area (Å²) in [5.74, 6) is -1.96. The third kappa shape index (κ3) is 11.7. The fourth-order valence-electron chi connectivity index (χ4n) is 4.89. The van der Waals surface area contributed by atoms with Crippen molar-refractivity contribution in [1.29, 1.82) is 0 Å². The first-order chi connectivity index (χ1) is 20.3. The van der Waals surface area contributed by atoms with Gasteiger partial charge in [-0.1, -0.05) is 86.3 Å². The number of hydrogen-bond donors (Lipinski definition) is 5. The zero-order chi connectivity index (χ0) is 30.2. The van der Waals surface area contributed by atoms with Crippen LogP contribution in [0.15, 0.2) is 60.7 Å². The van der Waals surface area contributed by atoms with E-state index in [1.807, 2.05) is 60.7 Å². The zero-order valence-electron chi connectivity index (χ0n) is 24.3. The zero-order valence-corrected chi connectivity index (χ0v) is 24.3. The lowest BCUT2D eigenvalue weighted by Gasteiger charge is -2.25. The molecule has 10 nitrogen and oxygen atoms in total. The number of rotatable bonds is 5. The Morgan fingerprint density at radius 1 is 0.690 bits per heavy atom. The predicted octanol–water partition coefficient (Wildman–Crippen LogP) is 1.92. The second kappa shape index (κ2) is 17.6. The fraction of sp³-hybridized carbons (Fsp3) is 0.469. The summed E-state index contributed by atoms with van der Waals surface area (Å²) in [6, 6.07) is 15.8. The van der Waals surface area contributed by atoms with E-state index in [9.17, 15) is 24.0 Å². The number of hydrogen-bond acceptors (Lipinski definition) is 5. The molecule has 0 bridgehead atoms. The smallest absolute Gasteiger partial charge is 0.244 e. The van der Waals surface area contributed by atoms with E-state index in [2.05, 4.69) is 26.6 Å². The molecular formula is C32H43N5O5. The van der Waals surface area contributed by atoms with Gasteiger partial charge < -0.3 is 26.6 Å². The molecule has 10 heteroatoms. The van der Waals surface area contributed by atoms with Crippen molar-refractivity contribution >= 4 is 29.5 Å². The molecule has 0 aromatic heterocycles. The van der Waals surface area contributed by atoms with E-state index in [-0.39, 0.29) is 31.2 Å². The quantitative estimate of drug-likeness (QED) is 0.369. The van der Waals surface area contributed by atoms with E-state index in [0.717, 1.165) is 43.2 Å². The highest BCUT2D eigenvalue weighted by atomic mass is 16.2. The summed E-state index contributed by atoms with van der Waals surface area (Å²) in [5, 5.41) is 13.9. The van der Waals surface area contributed by atoms with Gasteiger partial charge >= 0.3 is 0 Å². The van der Waals surface area contributed by atoms with Gasteiger partial charge in [-0.25, -0.2) is 0 Å². The summed E-state index contributed by atoms with van der Waals surface area (Å²) in [5.41, 5.74) is 1.70. The van der Waals surface area contributed by atoms with Gasteiger partial charge in [0.05, 0.1) is 0 Å². The molecule has 226 valence electrons. The van der Waals surface area contributed by atoms with Crippen LogP contribution >= 0.6 is 0 Å². The van der Waals surface area contributed by atoms with Crippen LogP contribution in [0.2, 0.25) is 0 Å². The topological polar surface area (TPSA) is 146 Å². The summed E-state index contributed by atoms with van der Waals surface area (Å²) in [6.07, 6.45) is 6.03. The standard InChI is InChI=1S/C32H43N5O5/c1-23(38)35-28-22-34-30(40)26(20-24-14-8-6-9-15-24)37-32(42)27(21-25-16-10-7-11-17-25)36-29(39)18-12-4-2-3-5-13-19-33-31(28)41/h6-11,14-17,26-28H,2-5,12-13,18-22H2,1H3,(H,33,41)(H,34,40)(H,35,38)(H,36,39)(H,37,42)/t26-,27-,28-/m0/s1. The first kappa shape index (κ1) is 32.3. The molecule has 0 aliphatic carbocycles. The Hall–Kier alpha value is -4.21. The van der Waals surface area contributed by atoms with Crippen molar-refractivity contribution in [3.8, 4) is 0 Å². The van der Waals surface area contributed by atoms with Crippen LogP contribution in [0.25, 0.3) is 0 Å². The van der Waals surface area contributed by atoms with Crippen LogP contribution in [0.5, 0.6) is 0 Å². The largest absolute Gasteiger partial charge is 0.354 e. The monoisotopic (exact) mass is 577 g/mol. The molecule has 0 radical (unpaired) electrons. The van der Waals surface area contributed by atoms with Crippen molar-refractivity contribution in [1.82, 2.24) is 26.6 Å². The summed E-state index contributed by atoms with van der Waals surface area (Å²) < 4.78 is 0. The lowest BCUT2D eigenvalue weighted by molar-refractivity contribution is -0.132. The molecule has 3 atom stereocenters. The van der Waals surface area contributed by atoms with Gasteiger partial charge in [0.1, 0.15) is 18.1 Å². The predicted molar refractivity (Wildman–Crippen MR) is 160 cm³/mol. The van der Waals surface area contributed by atoms with Crippen molar-refractivity contribution < 1.29 is 24.0 Å². The average Bonchev–Trinajstić information content (AvgIpc) is 2.97. The maximum Gasteiger partial charge on any atom is 0.244 e. The van der Waals surface area contributed by atoms with E-state index < -0.39 is 35.8 Å². The van der Waals surface area contributed by atoms with Crippen molar-refractivity contribution in [3.63, 3.8) is 0 Å². The molecule has 42 heavy (non-hydrogen) atoms. The Kier molecular flexibility index (Phi) is 13.5. The van der Waals surface area contributed by atoms with Crippen LogP contribution in [0.4, 0.5) is 0 Å². The van der Waals surface area contributed by atoms with Crippen molar-refractivity contribution in [2.75, 3.05) is 13.1 Å². The maximum absolute atomic E-state index is 13.6. The molecule has 3 rings (SSSR count). The second-order valence-corrected chi connectivity index (χ2v) is 10.7. The third-order valence-corrected chi connectivity index (χ3v) is 7.15. The summed E-state index contributed by atoms with van der Waals surface area (Å²) in [4.78, 5) is 64.5. The van der Waals surface area contributed by atoms with Gasteiger partial charge in [0.25, 0.3) is 0 Å². The van der Waals surface area contributed by atoms with Gasteiger partial charge in [-0.3, -0.25) is 24.0 Å². The average molecular weight is 578 g/mol. The molecule has 1 aliphatic rings. The Bertz CT molecular complexity index is 1170. The minimum absolute atomic E-state index is 0.143. The van der Waals surface area contributed by atoms with Crippen molar-refractivity contribution in [2.45, 2.75) is 82.8 Å². The molecule has 5 N–H and O–H groups in total. The van der Waals surface area contributed by atoms with E-state index in [0.29, 0.717) is 19.4 Å². The number of nitrogens with one attached hydrogen (secondary N) is 5. The third-order valence-electron chi connectivity index (χ3n) is 7.15. The number of carbonyl (C=O) groups is 5. The lowest BCUT2D eigenvalue weighted by atomic mass is 10.0. The van der Waals surface area contributed by atoms with Crippen LogP contribution in [0.3, 0.4) is 0 Å². The Labute approximate surface area is 247 Å². The molecule has 2 aromatic carbocycles. The Morgan fingerprint density at radius 2 is 1.24 bits per heavy atom. The van der Waals surface area contributed by atoms with Gasteiger partial charge in [-0.2, -0.15) is 0 Å². The lowest BCUT2D eigenvalue weighted by Crippen LogP contribution is -2.57. The first-order valence-corrected chi connectivity index (χ1v) is 14.8. The van der Waals surface area contributed by atoms with Crippen molar-refractivity contribution in [3.05, 3.63) is 71.8 Å². The summed E-state index contributed by atoms with van der Waals surface area (Å²) in [6.45, 7) is 1.63. The van der Waals surface area contributed by atoms with E-state index in [4.69, 9.17) is 0 Å².